The second-order valence-electron chi connectivity index (χ2n) is 13.8. The molecule has 1 spiro atoms. The Hall–Kier alpha value is -6.73. The molecular formula is C43H41N5O10. The number of benzene rings is 4. The first kappa shape index (κ1) is 39.5. The highest BCUT2D eigenvalue weighted by molar-refractivity contribution is 6.23. The van der Waals surface area contributed by atoms with Crippen LogP contribution in [0.15, 0.2) is 103 Å². The maximum atomic E-state index is 15.7. The van der Waals surface area contributed by atoms with Gasteiger partial charge in [0.1, 0.15) is 36.5 Å². The lowest BCUT2D eigenvalue weighted by Crippen LogP contribution is -2.55. The Kier molecular flexibility index (Phi) is 11.4. The number of aliphatic hydroxyl groups is 1. The maximum absolute atomic E-state index is 15.7. The molecule has 0 bridgehead atoms. The van der Waals surface area contributed by atoms with Gasteiger partial charge in [-0.1, -0.05) is 84.6 Å². The molecule has 0 unspecified atom stereocenters. The van der Waals surface area contributed by atoms with Crippen molar-refractivity contribution in [1.82, 2.24) is 10.2 Å². The standard InChI is InChI=1S/C43H41N5O10/c1-55-23-24-57-42(54)47-32-19-14-26(9-8-20-46-41(45)53)25-31(32)43(40(47)52)33(38(44)50)35-39(51)58-36(28-12-6-3-7-13-28)34(27-10-4-2-5-11-27)48(35)37(43)29-15-17-30(18-16-29)56-22-21-49/h2-7,10-19,25,33-37,49H,20-24H2,1H3,(H2,44,50)(H3,45,46,53)/t33-,34-,35-,36+,37+,43-/m1/s1. The number of carbonyl (C=O) groups excluding carboxylic acids is 5. The van der Waals surface area contributed by atoms with Crippen LogP contribution >= 0.6 is 0 Å². The largest absolute Gasteiger partial charge is 0.491 e. The molecule has 15 nitrogen and oxygen atoms in total. The number of morpholine rings is 1. The predicted octanol–water partition coefficient (Wildman–Crippen LogP) is 3.01. The Bertz CT molecular complexity index is 2260. The molecule has 5 amide bonds. The number of imide groups is 1. The second-order valence-corrected chi connectivity index (χ2v) is 13.8. The molecule has 15 heteroatoms. The first-order chi connectivity index (χ1) is 28.1. The summed E-state index contributed by atoms with van der Waals surface area (Å²) in [6.07, 6.45) is -1.96. The number of aliphatic hydroxyl groups excluding tert-OH is 1. The third-order valence-electron chi connectivity index (χ3n) is 10.6. The molecular weight excluding hydrogens is 746 g/mol. The number of hydrogen-bond donors (Lipinski definition) is 4. The highest BCUT2D eigenvalue weighted by Crippen LogP contribution is 2.65. The van der Waals surface area contributed by atoms with Gasteiger partial charge in [-0.05, 0) is 52.6 Å². The Morgan fingerprint density at radius 2 is 1.55 bits per heavy atom. The summed E-state index contributed by atoms with van der Waals surface area (Å²) >= 11 is 0. The van der Waals surface area contributed by atoms with Crippen molar-refractivity contribution >= 4 is 35.6 Å². The minimum atomic E-state index is -2.07. The smallest absolute Gasteiger partial charge is 0.421 e. The van der Waals surface area contributed by atoms with E-state index in [9.17, 15) is 24.3 Å². The second kappa shape index (κ2) is 16.8. The lowest BCUT2D eigenvalue weighted by atomic mass is 9.65. The number of esters is 1. The van der Waals surface area contributed by atoms with E-state index < -0.39 is 65.5 Å². The Labute approximate surface area is 333 Å². The zero-order valence-corrected chi connectivity index (χ0v) is 31.4. The third kappa shape index (κ3) is 6.98. The molecule has 6 N–H and O–H groups in total. The molecule has 6 atom stereocenters. The van der Waals surface area contributed by atoms with Crippen LogP contribution in [0.4, 0.5) is 15.3 Å². The van der Waals surface area contributed by atoms with Crippen LogP contribution in [0.2, 0.25) is 0 Å². The number of urea groups is 1. The van der Waals surface area contributed by atoms with Gasteiger partial charge >= 0.3 is 18.1 Å². The molecule has 2 fully saturated rings. The number of anilines is 1. The molecule has 298 valence electrons. The van der Waals surface area contributed by atoms with E-state index in [1.54, 1.807) is 36.4 Å². The summed E-state index contributed by atoms with van der Waals surface area (Å²) in [6, 6.07) is 25.7. The van der Waals surface area contributed by atoms with E-state index >= 15 is 4.79 Å². The highest BCUT2D eigenvalue weighted by Gasteiger charge is 2.75. The topological polar surface area (TPSA) is 213 Å². The van der Waals surface area contributed by atoms with Crippen molar-refractivity contribution in [2.75, 3.05) is 45.0 Å². The molecule has 7 rings (SSSR count). The molecule has 0 radical (unpaired) electrons. The lowest BCUT2D eigenvalue weighted by Gasteiger charge is -2.46. The van der Waals surface area contributed by atoms with Gasteiger partial charge in [-0.25, -0.2) is 14.5 Å². The van der Waals surface area contributed by atoms with E-state index in [0.29, 0.717) is 28.0 Å². The molecule has 58 heavy (non-hydrogen) atoms. The van der Waals surface area contributed by atoms with Crippen LogP contribution in [0.1, 0.15) is 46.0 Å². The van der Waals surface area contributed by atoms with Crippen LogP contribution < -0.4 is 26.4 Å². The highest BCUT2D eigenvalue weighted by atomic mass is 16.6. The zero-order valence-electron chi connectivity index (χ0n) is 31.4. The minimum Gasteiger partial charge on any atom is -0.491 e. The van der Waals surface area contributed by atoms with Gasteiger partial charge in [-0.3, -0.25) is 19.3 Å². The van der Waals surface area contributed by atoms with Gasteiger partial charge < -0.3 is 40.8 Å². The van der Waals surface area contributed by atoms with Gasteiger partial charge in [0.2, 0.25) is 11.8 Å². The lowest BCUT2D eigenvalue weighted by molar-refractivity contribution is -0.178. The van der Waals surface area contributed by atoms with Crippen molar-refractivity contribution in [3.63, 3.8) is 0 Å². The molecule has 3 aliphatic heterocycles. The fraction of sp³-hybridized carbons (Fsp3) is 0.279. The number of methoxy groups -OCH3 is 1. The molecule has 3 heterocycles. The average molecular weight is 788 g/mol. The first-order valence-corrected chi connectivity index (χ1v) is 18.5. The number of nitrogens with one attached hydrogen (secondary N) is 1. The van der Waals surface area contributed by atoms with Gasteiger partial charge in [0, 0.05) is 12.7 Å². The van der Waals surface area contributed by atoms with Crippen molar-refractivity contribution in [1.29, 1.82) is 0 Å². The van der Waals surface area contributed by atoms with E-state index in [1.807, 2.05) is 65.6 Å². The van der Waals surface area contributed by atoms with Crippen molar-refractivity contribution < 1.29 is 48.0 Å². The van der Waals surface area contributed by atoms with Crippen molar-refractivity contribution in [3.05, 3.63) is 131 Å². The Morgan fingerprint density at radius 1 is 0.862 bits per heavy atom. The number of nitrogens with two attached hydrogens (primary N) is 2. The first-order valence-electron chi connectivity index (χ1n) is 18.5. The Balaban J connectivity index is 1.53. The van der Waals surface area contributed by atoms with Crippen LogP contribution in [0.3, 0.4) is 0 Å². The molecule has 0 saturated carbocycles. The number of nitrogens with zero attached hydrogens (tertiary/aromatic N) is 2. The van der Waals surface area contributed by atoms with Gasteiger partial charge in [-0.2, -0.15) is 0 Å². The SMILES string of the molecule is COCCOC(=O)N1C(=O)[C@@]2(c3cc(C#CCNC(N)=O)ccc31)[C@H](c1ccc(OCCO)cc1)N1[C@H](c3ccccc3)[C@H](c3ccccc3)OC(=O)[C@H]1[C@@H]2C(N)=O. The average Bonchev–Trinajstić information content (AvgIpc) is 3.69. The van der Waals surface area contributed by atoms with Crippen LogP contribution in [-0.2, 0) is 34.0 Å². The van der Waals surface area contributed by atoms with Gasteiger partial charge in [-0.15, -0.1) is 0 Å². The van der Waals surface area contributed by atoms with E-state index in [2.05, 4.69) is 17.2 Å². The van der Waals surface area contributed by atoms with E-state index in [4.69, 9.17) is 30.4 Å². The van der Waals surface area contributed by atoms with Crippen LogP contribution in [0, 0.1) is 17.8 Å². The summed E-state index contributed by atoms with van der Waals surface area (Å²) in [7, 11) is 1.43. The summed E-state index contributed by atoms with van der Waals surface area (Å²) in [6.45, 7) is -0.441. The fourth-order valence-electron chi connectivity index (χ4n) is 8.46. The van der Waals surface area contributed by atoms with Crippen molar-refractivity contribution in [2.45, 2.75) is 29.6 Å². The molecule has 4 aromatic rings. The summed E-state index contributed by atoms with van der Waals surface area (Å²) in [5, 5.41) is 11.8. The van der Waals surface area contributed by atoms with Crippen molar-refractivity contribution in [2.24, 2.45) is 17.4 Å². The number of fused-ring (bicyclic) bond motifs is 3. The number of primary amides is 2. The van der Waals surface area contributed by atoms with Crippen LogP contribution in [0.5, 0.6) is 5.75 Å². The molecule has 2 saturated heterocycles. The quantitative estimate of drug-likeness (QED) is 0.0986. The summed E-state index contributed by atoms with van der Waals surface area (Å²) < 4.78 is 22.6. The van der Waals surface area contributed by atoms with Crippen molar-refractivity contribution in [3.8, 4) is 17.6 Å². The van der Waals surface area contributed by atoms with Gasteiger partial charge in [0.15, 0.2) is 0 Å². The molecule has 0 aromatic heterocycles. The predicted molar refractivity (Wildman–Crippen MR) is 208 cm³/mol. The normalized spacial score (nSPS) is 23.3. The monoisotopic (exact) mass is 787 g/mol. The number of rotatable bonds is 11. The number of ether oxygens (including phenoxy) is 4. The zero-order chi connectivity index (χ0) is 41.0. The van der Waals surface area contributed by atoms with Gasteiger partial charge in [0.25, 0.3) is 0 Å². The summed E-state index contributed by atoms with van der Waals surface area (Å²) in [5.74, 6) is 1.94. The van der Waals surface area contributed by atoms with Crippen LogP contribution in [0.25, 0.3) is 0 Å². The number of cyclic esters (lactones) is 1. The van der Waals surface area contributed by atoms with Crippen LogP contribution in [-0.4, -0.2) is 86.0 Å². The number of carbonyl (C=O) groups is 5. The van der Waals surface area contributed by atoms with E-state index in [-0.39, 0.29) is 44.2 Å². The Morgan fingerprint density at radius 3 is 2.19 bits per heavy atom. The van der Waals surface area contributed by atoms with E-state index in [0.717, 1.165) is 4.90 Å². The van der Waals surface area contributed by atoms with E-state index in [1.165, 1.54) is 13.2 Å². The number of hydrogen-bond acceptors (Lipinski definition) is 11. The molecule has 0 aliphatic carbocycles. The third-order valence-corrected chi connectivity index (χ3v) is 10.6. The fourth-order valence-corrected chi connectivity index (χ4v) is 8.46. The summed E-state index contributed by atoms with van der Waals surface area (Å²) in [4.78, 5) is 72.8. The number of amides is 5. The maximum Gasteiger partial charge on any atom is 0.421 e. The molecule has 4 aromatic carbocycles. The summed E-state index contributed by atoms with van der Waals surface area (Å²) in [5.41, 5.74) is 12.0. The minimum absolute atomic E-state index is 0.0239. The van der Waals surface area contributed by atoms with Gasteiger partial charge in [0.05, 0.1) is 43.4 Å². The molecule has 3 aliphatic rings.